The van der Waals surface area contributed by atoms with Crippen LogP contribution in [0.1, 0.15) is 5.76 Å². The highest BCUT2D eigenvalue weighted by molar-refractivity contribution is 7.92. The van der Waals surface area contributed by atoms with E-state index in [1.54, 1.807) is 24.3 Å². The highest BCUT2D eigenvalue weighted by atomic mass is 32.2. The fourth-order valence-corrected chi connectivity index (χ4v) is 3.65. The van der Waals surface area contributed by atoms with Crippen LogP contribution >= 0.6 is 0 Å². The molecule has 3 rings (SSSR count). The number of anilines is 1. The Morgan fingerprint density at radius 3 is 2.56 bits per heavy atom. The smallest absolute Gasteiger partial charge is 0.265 e. The molecule has 1 aromatic heterocycles. The van der Waals surface area contributed by atoms with E-state index in [2.05, 4.69) is 4.72 Å². The van der Waals surface area contributed by atoms with Gasteiger partial charge in [-0.2, -0.15) is 5.26 Å². The minimum Gasteiger partial charge on any atom is -0.497 e. The van der Waals surface area contributed by atoms with Crippen LogP contribution < -0.4 is 14.2 Å². The van der Waals surface area contributed by atoms with Gasteiger partial charge in [0.15, 0.2) is 0 Å². The first-order chi connectivity index (χ1) is 12.0. The van der Waals surface area contributed by atoms with E-state index in [1.165, 1.54) is 32.4 Å². The van der Waals surface area contributed by atoms with Crippen LogP contribution in [0.2, 0.25) is 0 Å². The second kappa shape index (κ2) is 6.37. The van der Waals surface area contributed by atoms with Gasteiger partial charge in [0.05, 0.1) is 14.2 Å². The summed E-state index contributed by atoms with van der Waals surface area (Å²) in [5.41, 5.74) is 0.509. The summed E-state index contributed by atoms with van der Waals surface area (Å²) >= 11 is 0. The normalized spacial score (nSPS) is 11.1. The van der Waals surface area contributed by atoms with Gasteiger partial charge in [0.2, 0.25) is 5.76 Å². The molecule has 0 aliphatic carbocycles. The standard InChI is InChI=1S/C17H14N2O5S/c1-22-11-7-8-16(14(9-11)23-2)25(20,21)19-17-12-5-3-4-6-13(12)24-15(17)10-18/h3-9,19H,1-2H3. The third kappa shape index (κ3) is 2.97. The number of sulfonamides is 1. The lowest BCUT2D eigenvalue weighted by atomic mass is 10.2. The monoisotopic (exact) mass is 358 g/mol. The van der Waals surface area contributed by atoms with Crippen molar-refractivity contribution in [2.45, 2.75) is 4.90 Å². The molecule has 0 spiro atoms. The summed E-state index contributed by atoms with van der Waals surface area (Å²) < 4.78 is 43.6. The van der Waals surface area contributed by atoms with Crippen molar-refractivity contribution in [1.29, 1.82) is 5.26 Å². The number of para-hydroxylation sites is 1. The molecule has 0 amide bonds. The second-order valence-corrected chi connectivity index (χ2v) is 6.69. The van der Waals surface area contributed by atoms with Crippen LogP contribution in [0.4, 0.5) is 5.69 Å². The summed E-state index contributed by atoms with van der Waals surface area (Å²) in [4.78, 5) is -0.0787. The van der Waals surface area contributed by atoms with Crippen molar-refractivity contribution in [2.24, 2.45) is 0 Å². The van der Waals surface area contributed by atoms with Crippen LogP contribution in [0, 0.1) is 11.3 Å². The molecule has 0 bridgehead atoms. The average molecular weight is 358 g/mol. The average Bonchev–Trinajstić information content (AvgIpc) is 2.98. The molecule has 1 N–H and O–H groups in total. The molecule has 128 valence electrons. The number of hydrogen-bond donors (Lipinski definition) is 1. The maximum atomic E-state index is 12.8. The summed E-state index contributed by atoms with van der Waals surface area (Å²) in [6.45, 7) is 0. The zero-order chi connectivity index (χ0) is 18.0. The molecule has 0 unspecified atom stereocenters. The quantitative estimate of drug-likeness (QED) is 0.752. The first kappa shape index (κ1) is 16.7. The fourth-order valence-electron chi connectivity index (χ4n) is 2.41. The summed E-state index contributed by atoms with van der Waals surface area (Å²) in [6, 6.07) is 13.0. The van der Waals surface area contributed by atoms with E-state index >= 15 is 0 Å². The summed E-state index contributed by atoms with van der Waals surface area (Å²) in [5, 5.41) is 9.73. The van der Waals surface area contributed by atoms with Crippen LogP contribution in [0.5, 0.6) is 11.5 Å². The van der Waals surface area contributed by atoms with Crippen molar-refractivity contribution in [3.63, 3.8) is 0 Å². The molecular formula is C17H14N2O5S. The number of hydrogen-bond acceptors (Lipinski definition) is 6. The third-order valence-electron chi connectivity index (χ3n) is 3.59. The molecule has 25 heavy (non-hydrogen) atoms. The molecular weight excluding hydrogens is 344 g/mol. The first-order valence-corrected chi connectivity index (χ1v) is 8.65. The highest BCUT2D eigenvalue weighted by Crippen LogP contribution is 2.34. The van der Waals surface area contributed by atoms with Crippen LogP contribution in [0.25, 0.3) is 11.0 Å². The topological polar surface area (TPSA) is 102 Å². The maximum absolute atomic E-state index is 12.8. The van der Waals surface area contributed by atoms with Crippen LogP contribution in [-0.4, -0.2) is 22.6 Å². The fraction of sp³-hybridized carbons (Fsp3) is 0.118. The Hall–Kier alpha value is -3.18. The van der Waals surface area contributed by atoms with Gasteiger partial charge in [-0.1, -0.05) is 12.1 Å². The number of furan rings is 1. The van der Waals surface area contributed by atoms with E-state index in [9.17, 15) is 13.7 Å². The van der Waals surface area contributed by atoms with E-state index in [0.29, 0.717) is 16.7 Å². The molecule has 0 saturated heterocycles. The molecule has 2 aromatic carbocycles. The van der Waals surface area contributed by atoms with Crippen LogP contribution in [0.15, 0.2) is 51.8 Å². The van der Waals surface area contributed by atoms with Crippen molar-refractivity contribution >= 4 is 26.7 Å². The number of rotatable bonds is 5. The number of nitrogens with zero attached hydrogens (tertiary/aromatic N) is 1. The van der Waals surface area contributed by atoms with E-state index in [1.807, 2.05) is 6.07 Å². The Kier molecular flexibility index (Phi) is 4.25. The Balaban J connectivity index is 2.11. The molecule has 3 aromatic rings. The number of ether oxygens (including phenoxy) is 2. The predicted octanol–water partition coefficient (Wildman–Crippen LogP) is 3.12. The van der Waals surface area contributed by atoms with Crippen molar-refractivity contribution in [3.05, 3.63) is 48.2 Å². The van der Waals surface area contributed by atoms with E-state index in [-0.39, 0.29) is 22.1 Å². The molecule has 7 nitrogen and oxygen atoms in total. The van der Waals surface area contributed by atoms with Gasteiger partial charge < -0.3 is 13.9 Å². The number of methoxy groups -OCH3 is 2. The van der Waals surface area contributed by atoms with Crippen molar-refractivity contribution in [1.82, 2.24) is 0 Å². The second-order valence-electron chi connectivity index (χ2n) is 5.04. The molecule has 8 heteroatoms. The zero-order valence-electron chi connectivity index (χ0n) is 13.4. The lowest BCUT2D eigenvalue weighted by Crippen LogP contribution is -2.14. The van der Waals surface area contributed by atoms with Gasteiger partial charge >= 0.3 is 0 Å². The lowest BCUT2D eigenvalue weighted by molar-refractivity contribution is 0.386. The Labute approximate surface area is 144 Å². The molecule has 1 heterocycles. The van der Waals surface area contributed by atoms with Gasteiger partial charge in [-0.25, -0.2) is 8.42 Å². The summed E-state index contributed by atoms with van der Waals surface area (Å²) in [6.07, 6.45) is 0. The van der Waals surface area contributed by atoms with Crippen molar-refractivity contribution in [3.8, 4) is 17.6 Å². The first-order valence-electron chi connectivity index (χ1n) is 7.16. The zero-order valence-corrected chi connectivity index (χ0v) is 14.3. The van der Waals surface area contributed by atoms with Gasteiger partial charge in [-0.15, -0.1) is 0 Å². The SMILES string of the molecule is COc1ccc(S(=O)(=O)Nc2c(C#N)oc3ccccc23)c(OC)c1. The Morgan fingerprint density at radius 1 is 1.12 bits per heavy atom. The predicted molar refractivity (Wildman–Crippen MR) is 91.3 cm³/mol. The van der Waals surface area contributed by atoms with Crippen LogP contribution in [-0.2, 0) is 10.0 Å². The number of benzene rings is 2. The van der Waals surface area contributed by atoms with Gasteiger partial charge in [-0.05, 0) is 24.3 Å². The van der Waals surface area contributed by atoms with E-state index in [4.69, 9.17) is 13.9 Å². The molecule has 0 aliphatic rings. The third-order valence-corrected chi connectivity index (χ3v) is 4.98. The highest BCUT2D eigenvalue weighted by Gasteiger charge is 2.24. The number of fused-ring (bicyclic) bond motifs is 1. The molecule has 0 saturated carbocycles. The van der Waals surface area contributed by atoms with Crippen molar-refractivity contribution < 1.29 is 22.3 Å². The Bertz CT molecular complexity index is 1080. The molecule has 0 atom stereocenters. The summed E-state index contributed by atoms with van der Waals surface area (Å²) in [7, 11) is -1.18. The molecule has 0 aliphatic heterocycles. The largest absolute Gasteiger partial charge is 0.497 e. The van der Waals surface area contributed by atoms with Gasteiger partial charge in [0.25, 0.3) is 10.0 Å². The van der Waals surface area contributed by atoms with Crippen molar-refractivity contribution in [2.75, 3.05) is 18.9 Å². The van der Waals surface area contributed by atoms with Gasteiger partial charge in [-0.3, -0.25) is 4.72 Å². The van der Waals surface area contributed by atoms with E-state index in [0.717, 1.165) is 0 Å². The van der Waals surface area contributed by atoms with Gasteiger partial charge in [0, 0.05) is 11.5 Å². The number of nitrogens with one attached hydrogen (secondary N) is 1. The van der Waals surface area contributed by atoms with Crippen LogP contribution in [0.3, 0.4) is 0 Å². The molecule has 0 fully saturated rings. The maximum Gasteiger partial charge on any atom is 0.265 e. The minimum absolute atomic E-state index is 0.0787. The van der Waals surface area contributed by atoms with E-state index < -0.39 is 10.0 Å². The number of nitriles is 1. The Morgan fingerprint density at radius 2 is 1.88 bits per heavy atom. The van der Waals surface area contributed by atoms with Gasteiger partial charge in [0.1, 0.15) is 33.7 Å². The summed E-state index contributed by atoms with van der Waals surface area (Å²) in [5.74, 6) is 0.470. The lowest BCUT2D eigenvalue weighted by Gasteiger charge is -2.12. The minimum atomic E-state index is -4.02. The molecule has 0 radical (unpaired) electrons.